The Labute approximate surface area is 200 Å². The molecule has 0 N–H and O–H groups in total. The number of rotatable bonds is 6. The van der Waals surface area contributed by atoms with E-state index in [1.807, 2.05) is 19.9 Å². The van der Waals surface area contributed by atoms with Crippen molar-refractivity contribution in [3.05, 3.63) is 31.9 Å². The summed E-state index contributed by atoms with van der Waals surface area (Å²) in [7, 11) is 0. The van der Waals surface area contributed by atoms with Gasteiger partial charge in [-0.1, -0.05) is 51.2 Å². The van der Waals surface area contributed by atoms with Crippen LogP contribution in [0.15, 0.2) is 9.70 Å². The van der Waals surface area contributed by atoms with Gasteiger partial charge in [-0.3, -0.25) is 19.1 Å². The monoisotopic (exact) mass is 472 g/mol. The quantitative estimate of drug-likeness (QED) is 0.447. The molecule has 3 heterocycles. The molecular formula is C24H32N4O2S2. The van der Waals surface area contributed by atoms with Crippen LogP contribution >= 0.6 is 24.0 Å². The second kappa shape index (κ2) is 10.2. The van der Waals surface area contributed by atoms with Crippen molar-refractivity contribution in [2.45, 2.75) is 60.4 Å². The number of amides is 1. The van der Waals surface area contributed by atoms with Crippen LogP contribution < -0.4 is 10.5 Å². The van der Waals surface area contributed by atoms with E-state index < -0.39 is 0 Å². The van der Waals surface area contributed by atoms with E-state index in [0.29, 0.717) is 39.7 Å². The van der Waals surface area contributed by atoms with Gasteiger partial charge >= 0.3 is 0 Å². The Morgan fingerprint density at radius 2 is 1.88 bits per heavy atom. The van der Waals surface area contributed by atoms with Gasteiger partial charge in [0.25, 0.3) is 11.5 Å². The standard InChI is InChI=1S/C24H32N4O2S2/c1-6-8-9-28-23(30)20(32-24(28)31)11-18-17(5)19(12-25)22(29)27(7-2)21(18)26-13-15(3)10-16(4)14-26/h11,15-16H,6-10,13-14H2,1-5H3. The Morgan fingerprint density at radius 3 is 2.44 bits per heavy atom. The van der Waals surface area contributed by atoms with Crippen molar-refractivity contribution < 1.29 is 4.79 Å². The summed E-state index contributed by atoms with van der Waals surface area (Å²) in [6.45, 7) is 13.0. The number of nitriles is 1. The largest absolute Gasteiger partial charge is 0.357 e. The zero-order valence-electron chi connectivity index (χ0n) is 19.6. The molecule has 6 nitrogen and oxygen atoms in total. The number of unbranched alkanes of at least 4 members (excludes halogenated alkanes) is 1. The Morgan fingerprint density at radius 1 is 1.22 bits per heavy atom. The number of pyridine rings is 1. The van der Waals surface area contributed by atoms with Crippen molar-refractivity contribution in [2.75, 3.05) is 24.5 Å². The van der Waals surface area contributed by atoms with Gasteiger partial charge in [-0.15, -0.1) is 0 Å². The molecule has 32 heavy (non-hydrogen) atoms. The lowest BCUT2D eigenvalue weighted by Gasteiger charge is -2.38. The van der Waals surface area contributed by atoms with Crippen LogP contribution in [0.1, 0.15) is 63.6 Å². The molecule has 2 aliphatic rings. The van der Waals surface area contributed by atoms with Crippen molar-refractivity contribution in [2.24, 2.45) is 11.8 Å². The summed E-state index contributed by atoms with van der Waals surface area (Å²) in [5, 5.41) is 9.72. The molecule has 1 amide bonds. The van der Waals surface area contributed by atoms with Crippen LogP contribution in [0.3, 0.4) is 0 Å². The summed E-state index contributed by atoms with van der Waals surface area (Å²) >= 11 is 6.78. The van der Waals surface area contributed by atoms with Crippen LogP contribution in [-0.2, 0) is 11.3 Å². The number of thioether (sulfide) groups is 1. The molecule has 2 saturated heterocycles. The van der Waals surface area contributed by atoms with E-state index in [1.165, 1.54) is 11.8 Å². The molecule has 0 spiro atoms. The molecular weight excluding hydrogens is 440 g/mol. The van der Waals surface area contributed by atoms with Gasteiger partial charge in [0, 0.05) is 31.7 Å². The third kappa shape index (κ3) is 4.65. The predicted molar refractivity (Wildman–Crippen MR) is 136 cm³/mol. The first kappa shape index (κ1) is 24.5. The summed E-state index contributed by atoms with van der Waals surface area (Å²) in [5.74, 6) is 1.71. The molecule has 0 radical (unpaired) electrons. The highest BCUT2D eigenvalue weighted by atomic mass is 32.2. The van der Waals surface area contributed by atoms with Crippen LogP contribution in [0.25, 0.3) is 6.08 Å². The third-order valence-corrected chi connectivity index (χ3v) is 7.59. The summed E-state index contributed by atoms with van der Waals surface area (Å²) in [5.41, 5.74) is 1.28. The average Bonchev–Trinajstić information content (AvgIpc) is 3.00. The highest BCUT2D eigenvalue weighted by Gasteiger charge is 2.33. The lowest BCUT2D eigenvalue weighted by atomic mass is 9.91. The van der Waals surface area contributed by atoms with E-state index in [1.54, 1.807) is 9.47 Å². The van der Waals surface area contributed by atoms with Gasteiger partial charge < -0.3 is 4.90 Å². The maximum atomic E-state index is 13.1. The second-order valence-corrected chi connectivity index (χ2v) is 10.6. The first-order chi connectivity index (χ1) is 15.2. The molecule has 2 fully saturated rings. The fourth-order valence-electron chi connectivity index (χ4n) is 4.75. The minimum atomic E-state index is -0.263. The number of thiocarbonyl (C=S) groups is 1. The average molecular weight is 473 g/mol. The van der Waals surface area contributed by atoms with Gasteiger partial charge in [-0.2, -0.15) is 5.26 Å². The van der Waals surface area contributed by atoms with E-state index in [4.69, 9.17) is 12.2 Å². The fraction of sp³-hybridized carbons (Fsp3) is 0.583. The predicted octanol–water partition coefficient (Wildman–Crippen LogP) is 4.53. The van der Waals surface area contributed by atoms with Crippen molar-refractivity contribution >= 4 is 46.1 Å². The molecule has 8 heteroatoms. The fourth-order valence-corrected chi connectivity index (χ4v) is 6.04. The number of piperidine rings is 1. The van der Waals surface area contributed by atoms with Crippen molar-refractivity contribution in [1.29, 1.82) is 5.26 Å². The first-order valence-corrected chi connectivity index (χ1v) is 12.6. The Hall–Kier alpha value is -2.11. The summed E-state index contributed by atoms with van der Waals surface area (Å²) in [6.07, 6.45) is 4.88. The van der Waals surface area contributed by atoms with Crippen LogP contribution in [-0.4, -0.2) is 39.3 Å². The summed E-state index contributed by atoms with van der Waals surface area (Å²) < 4.78 is 2.26. The van der Waals surface area contributed by atoms with E-state index in [-0.39, 0.29) is 17.0 Å². The molecule has 0 aliphatic carbocycles. The number of hydrogen-bond donors (Lipinski definition) is 0. The topological polar surface area (TPSA) is 69.3 Å². The van der Waals surface area contributed by atoms with E-state index in [0.717, 1.165) is 43.7 Å². The highest BCUT2D eigenvalue weighted by Crippen LogP contribution is 2.37. The van der Waals surface area contributed by atoms with Crippen LogP contribution in [0.5, 0.6) is 0 Å². The lowest BCUT2D eigenvalue weighted by molar-refractivity contribution is -0.122. The van der Waals surface area contributed by atoms with Gasteiger partial charge in [0.05, 0.1) is 4.91 Å². The van der Waals surface area contributed by atoms with E-state index in [2.05, 4.69) is 31.7 Å². The molecule has 172 valence electrons. The van der Waals surface area contributed by atoms with Gasteiger partial charge in [-0.05, 0) is 50.2 Å². The van der Waals surface area contributed by atoms with Gasteiger partial charge in [0.2, 0.25) is 0 Å². The molecule has 0 bridgehead atoms. The smallest absolute Gasteiger partial charge is 0.270 e. The lowest BCUT2D eigenvalue weighted by Crippen LogP contribution is -2.42. The van der Waals surface area contributed by atoms with E-state index in [9.17, 15) is 14.9 Å². The van der Waals surface area contributed by atoms with Crippen molar-refractivity contribution in [1.82, 2.24) is 9.47 Å². The maximum absolute atomic E-state index is 13.1. The highest BCUT2D eigenvalue weighted by molar-refractivity contribution is 8.26. The molecule has 2 atom stereocenters. The number of nitrogens with zero attached hydrogens (tertiary/aromatic N) is 4. The number of aromatic nitrogens is 1. The maximum Gasteiger partial charge on any atom is 0.270 e. The van der Waals surface area contributed by atoms with Gasteiger partial charge in [-0.25, -0.2) is 0 Å². The van der Waals surface area contributed by atoms with Crippen molar-refractivity contribution in [3.8, 4) is 6.07 Å². The van der Waals surface area contributed by atoms with Gasteiger partial charge in [0.1, 0.15) is 21.8 Å². The second-order valence-electron chi connectivity index (χ2n) is 8.94. The molecule has 3 rings (SSSR count). The molecule has 0 aromatic carbocycles. The molecule has 2 aliphatic heterocycles. The van der Waals surface area contributed by atoms with Crippen LogP contribution in [0.4, 0.5) is 5.82 Å². The SMILES string of the molecule is CCCCN1C(=O)C(=Cc2c(C)c(C#N)c(=O)n(CC)c2N2CC(C)CC(C)C2)SC1=S. The third-order valence-electron chi connectivity index (χ3n) is 6.22. The Bertz CT molecular complexity index is 1040. The molecule has 2 unspecified atom stereocenters. The minimum absolute atomic E-state index is 0.0908. The number of carbonyl (C=O) groups is 1. The first-order valence-electron chi connectivity index (χ1n) is 11.4. The van der Waals surface area contributed by atoms with Gasteiger partial charge in [0.15, 0.2) is 0 Å². The minimum Gasteiger partial charge on any atom is -0.357 e. The Kier molecular flexibility index (Phi) is 7.84. The van der Waals surface area contributed by atoms with Crippen LogP contribution in [0, 0.1) is 30.1 Å². The zero-order chi connectivity index (χ0) is 23.6. The zero-order valence-corrected chi connectivity index (χ0v) is 21.2. The van der Waals surface area contributed by atoms with Crippen LogP contribution in [0.2, 0.25) is 0 Å². The number of anilines is 1. The molecule has 0 saturated carbocycles. The van der Waals surface area contributed by atoms with E-state index >= 15 is 0 Å². The van der Waals surface area contributed by atoms with Crippen molar-refractivity contribution in [3.63, 3.8) is 0 Å². The summed E-state index contributed by atoms with van der Waals surface area (Å²) in [4.78, 5) is 30.7. The molecule has 1 aromatic rings. The number of hydrogen-bond acceptors (Lipinski definition) is 6. The molecule has 1 aromatic heterocycles. The summed E-state index contributed by atoms with van der Waals surface area (Å²) in [6, 6.07) is 2.10. The Balaban J connectivity index is 2.20. The normalized spacial score (nSPS) is 22.7. The number of carbonyl (C=O) groups excluding carboxylic acids is 1.